The van der Waals surface area contributed by atoms with E-state index in [4.69, 9.17) is 0 Å². The number of amides is 2. The molecule has 0 bridgehead atoms. The fourth-order valence-electron chi connectivity index (χ4n) is 5.20. The molecule has 2 aliphatic heterocycles. The number of aromatic nitrogens is 1. The number of benzene rings is 1. The maximum Gasteiger partial charge on any atom is 0.249 e. The molecule has 0 aliphatic carbocycles. The van der Waals surface area contributed by atoms with Gasteiger partial charge in [-0.2, -0.15) is 5.26 Å². The van der Waals surface area contributed by atoms with Crippen LogP contribution in [0.3, 0.4) is 0 Å². The van der Waals surface area contributed by atoms with Gasteiger partial charge in [0.1, 0.15) is 5.41 Å². The first-order chi connectivity index (χ1) is 17.8. The maximum absolute atomic E-state index is 13.9. The minimum atomic E-state index is -1.01. The zero-order valence-electron chi connectivity index (χ0n) is 21.1. The number of piperidine rings is 1. The average Bonchev–Trinajstić information content (AvgIpc) is 2.92. The molecular weight excluding hydrogens is 476 g/mol. The van der Waals surface area contributed by atoms with Crippen LogP contribution in [0.25, 0.3) is 0 Å². The Bertz CT molecular complexity index is 1230. The van der Waals surface area contributed by atoms with Gasteiger partial charge in [0.05, 0.1) is 11.8 Å². The number of nitrogens with one attached hydrogen (secondary N) is 1. The van der Waals surface area contributed by atoms with E-state index in [1.54, 1.807) is 20.2 Å². The number of nitriles is 1. The minimum absolute atomic E-state index is 0.00631. The zero-order chi connectivity index (χ0) is 26.6. The summed E-state index contributed by atoms with van der Waals surface area (Å²) in [5, 5.41) is 12.8. The normalized spacial score (nSPS) is 20.0. The molecule has 3 heterocycles. The lowest BCUT2D eigenvalue weighted by atomic mass is 9.76. The van der Waals surface area contributed by atoms with E-state index < -0.39 is 23.0 Å². The Kier molecular flexibility index (Phi) is 7.98. The van der Waals surface area contributed by atoms with E-state index in [9.17, 15) is 23.6 Å². The molecule has 1 N–H and O–H groups in total. The SMILES string of the molecule is CC1=C(C(=O)NCCCN2CCC(C#N)(c3ccccn3)CC2)[C@@H](c2ccc(F)c(F)c2)CC(=O)N1C. The Morgan fingerprint density at radius 2 is 1.97 bits per heavy atom. The minimum Gasteiger partial charge on any atom is -0.352 e. The highest BCUT2D eigenvalue weighted by Crippen LogP contribution is 2.36. The number of halogens is 2. The van der Waals surface area contributed by atoms with Crippen molar-refractivity contribution in [3.8, 4) is 6.07 Å². The van der Waals surface area contributed by atoms with Crippen molar-refractivity contribution < 1.29 is 18.4 Å². The topological polar surface area (TPSA) is 89.3 Å². The largest absolute Gasteiger partial charge is 0.352 e. The van der Waals surface area contributed by atoms with Gasteiger partial charge in [-0.1, -0.05) is 12.1 Å². The number of allylic oxidation sites excluding steroid dienone is 1. The predicted molar refractivity (Wildman–Crippen MR) is 134 cm³/mol. The van der Waals surface area contributed by atoms with E-state index in [0.29, 0.717) is 42.6 Å². The predicted octanol–water partition coefficient (Wildman–Crippen LogP) is 3.64. The third-order valence-corrected chi connectivity index (χ3v) is 7.60. The third-order valence-electron chi connectivity index (χ3n) is 7.60. The number of hydrogen-bond acceptors (Lipinski definition) is 5. The Morgan fingerprint density at radius 1 is 1.22 bits per heavy atom. The van der Waals surface area contributed by atoms with E-state index in [-0.39, 0.29) is 18.2 Å². The van der Waals surface area contributed by atoms with Crippen molar-refractivity contribution in [3.63, 3.8) is 0 Å². The summed E-state index contributed by atoms with van der Waals surface area (Å²) in [6.45, 7) is 4.43. The lowest BCUT2D eigenvalue weighted by molar-refractivity contribution is -0.129. The smallest absolute Gasteiger partial charge is 0.249 e. The number of pyridine rings is 1. The summed E-state index contributed by atoms with van der Waals surface area (Å²) >= 11 is 0. The highest BCUT2D eigenvalue weighted by atomic mass is 19.2. The van der Waals surface area contributed by atoms with Crippen molar-refractivity contribution in [2.75, 3.05) is 33.2 Å². The Balaban J connectivity index is 1.34. The van der Waals surface area contributed by atoms with Crippen LogP contribution in [0.5, 0.6) is 0 Å². The molecule has 1 aromatic carbocycles. The molecule has 0 saturated carbocycles. The van der Waals surface area contributed by atoms with E-state index in [1.165, 1.54) is 11.0 Å². The fourth-order valence-corrected chi connectivity index (χ4v) is 5.20. The van der Waals surface area contributed by atoms with Crippen LogP contribution in [0.1, 0.15) is 49.8 Å². The van der Waals surface area contributed by atoms with Crippen LogP contribution >= 0.6 is 0 Å². The molecule has 1 aromatic heterocycles. The van der Waals surface area contributed by atoms with Crippen molar-refractivity contribution >= 4 is 11.8 Å². The van der Waals surface area contributed by atoms with Crippen molar-refractivity contribution in [3.05, 3.63) is 76.8 Å². The lowest BCUT2D eigenvalue weighted by Crippen LogP contribution is -2.43. The summed E-state index contributed by atoms with van der Waals surface area (Å²) in [4.78, 5) is 33.8. The number of carbonyl (C=O) groups excluding carboxylic acids is 2. The van der Waals surface area contributed by atoms with Crippen molar-refractivity contribution in [1.29, 1.82) is 5.26 Å². The second kappa shape index (κ2) is 11.2. The van der Waals surface area contributed by atoms with Crippen molar-refractivity contribution in [1.82, 2.24) is 20.1 Å². The van der Waals surface area contributed by atoms with Gasteiger partial charge < -0.3 is 15.1 Å². The van der Waals surface area contributed by atoms with Gasteiger partial charge >= 0.3 is 0 Å². The molecule has 2 aromatic rings. The summed E-state index contributed by atoms with van der Waals surface area (Å²) in [7, 11) is 1.61. The summed E-state index contributed by atoms with van der Waals surface area (Å²) in [5.41, 5.74) is 1.55. The maximum atomic E-state index is 13.9. The summed E-state index contributed by atoms with van der Waals surface area (Å²) in [6.07, 6.45) is 3.85. The first kappa shape index (κ1) is 26.4. The van der Waals surface area contributed by atoms with E-state index in [1.807, 2.05) is 18.2 Å². The van der Waals surface area contributed by atoms with Crippen LogP contribution in [0.15, 0.2) is 53.9 Å². The summed E-state index contributed by atoms with van der Waals surface area (Å²) in [5.74, 6) is -3.13. The number of carbonyl (C=O) groups is 2. The zero-order valence-corrected chi connectivity index (χ0v) is 21.1. The van der Waals surface area contributed by atoms with Crippen molar-refractivity contribution in [2.45, 2.75) is 43.9 Å². The van der Waals surface area contributed by atoms with E-state index in [2.05, 4.69) is 21.3 Å². The van der Waals surface area contributed by atoms with Crippen LogP contribution < -0.4 is 5.32 Å². The summed E-state index contributed by atoms with van der Waals surface area (Å²) < 4.78 is 27.4. The number of nitrogens with zero attached hydrogens (tertiary/aromatic N) is 4. The molecule has 9 heteroatoms. The van der Waals surface area contributed by atoms with Gasteiger partial charge in [0, 0.05) is 56.5 Å². The molecule has 37 heavy (non-hydrogen) atoms. The third kappa shape index (κ3) is 5.54. The Morgan fingerprint density at radius 3 is 2.62 bits per heavy atom. The molecule has 0 unspecified atom stereocenters. The summed E-state index contributed by atoms with van der Waals surface area (Å²) in [6, 6.07) is 11.6. The molecule has 2 aliphatic rings. The standard InChI is InChI=1S/C28H31F2N5O2/c1-19-26(21(17-25(36)34(19)2)20-7-8-22(29)23(30)16-20)27(37)33-12-5-13-35-14-9-28(18-31,10-15-35)24-6-3-4-11-32-24/h3-4,6-8,11,16,21H,5,9-10,12-15,17H2,1-2H3,(H,33,37)/t21-/m1/s1. The second-order valence-corrected chi connectivity index (χ2v) is 9.74. The molecule has 1 atom stereocenters. The number of likely N-dealkylation sites (tertiary alicyclic amines) is 1. The molecule has 1 saturated heterocycles. The van der Waals surface area contributed by atoms with E-state index in [0.717, 1.165) is 37.5 Å². The van der Waals surface area contributed by atoms with Gasteiger partial charge in [-0.3, -0.25) is 14.6 Å². The number of rotatable bonds is 7. The first-order valence-corrected chi connectivity index (χ1v) is 12.5. The molecule has 2 amide bonds. The highest BCUT2D eigenvalue weighted by molar-refractivity contribution is 5.99. The van der Waals surface area contributed by atoms with Crippen LogP contribution in [0.2, 0.25) is 0 Å². The second-order valence-electron chi connectivity index (χ2n) is 9.74. The van der Waals surface area contributed by atoms with E-state index >= 15 is 0 Å². The first-order valence-electron chi connectivity index (χ1n) is 12.5. The molecule has 1 fully saturated rings. The molecule has 0 radical (unpaired) electrons. The van der Waals surface area contributed by atoms with Gasteiger partial charge in [-0.15, -0.1) is 0 Å². The van der Waals surface area contributed by atoms with Crippen LogP contribution in [-0.2, 0) is 15.0 Å². The van der Waals surface area contributed by atoms with Gasteiger partial charge in [-0.25, -0.2) is 8.78 Å². The van der Waals surface area contributed by atoms with Crippen LogP contribution in [-0.4, -0.2) is 59.8 Å². The van der Waals surface area contributed by atoms with Gasteiger partial charge in [-0.05, 0) is 62.6 Å². The van der Waals surface area contributed by atoms with Crippen LogP contribution in [0, 0.1) is 23.0 Å². The Labute approximate surface area is 215 Å². The lowest BCUT2D eigenvalue weighted by Gasteiger charge is -2.37. The number of hydrogen-bond donors (Lipinski definition) is 1. The average molecular weight is 508 g/mol. The molecule has 4 rings (SSSR count). The molecule has 0 spiro atoms. The molecule has 194 valence electrons. The monoisotopic (exact) mass is 507 g/mol. The van der Waals surface area contributed by atoms with Gasteiger partial charge in [0.15, 0.2) is 11.6 Å². The molecular formula is C28H31F2N5O2. The van der Waals surface area contributed by atoms with Crippen LogP contribution in [0.4, 0.5) is 8.78 Å². The van der Waals surface area contributed by atoms with Crippen molar-refractivity contribution in [2.24, 2.45) is 0 Å². The van der Waals surface area contributed by atoms with Gasteiger partial charge in [0.2, 0.25) is 11.8 Å². The fraction of sp³-hybridized carbons (Fsp3) is 0.429. The van der Waals surface area contributed by atoms with Gasteiger partial charge in [0.25, 0.3) is 0 Å². The quantitative estimate of drug-likeness (QED) is 0.578. The Hall–Kier alpha value is -3.64. The highest BCUT2D eigenvalue weighted by Gasteiger charge is 2.38. The molecule has 7 nitrogen and oxygen atoms in total.